The van der Waals surface area contributed by atoms with Gasteiger partial charge in [0.25, 0.3) is 5.91 Å². The van der Waals surface area contributed by atoms with Crippen molar-refractivity contribution >= 4 is 22.2 Å². The highest BCUT2D eigenvalue weighted by molar-refractivity contribution is 7.17. The predicted octanol–water partition coefficient (Wildman–Crippen LogP) is 1.86. The van der Waals surface area contributed by atoms with Gasteiger partial charge in [0.2, 0.25) is 0 Å². The third kappa shape index (κ3) is 2.07. The van der Waals surface area contributed by atoms with Crippen LogP contribution >= 0.6 is 11.3 Å². The van der Waals surface area contributed by atoms with Gasteiger partial charge in [-0.15, -0.1) is 11.3 Å². The van der Waals surface area contributed by atoms with Crippen molar-refractivity contribution in [3.8, 4) is 0 Å². The zero-order valence-electron chi connectivity index (χ0n) is 8.12. The molecule has 0 bridgehead atoms. The quantitative estimate of drug-likeness (QED) is 0.800. The molecule has 1 aromatic rings. The Kier molecular flexibility index (Phi) is 2.46. The minimum atomic E-state index is 0.00565. The van der Waals surface area contributed by atoms with Crippen LogP contribution in [-0.2, 0) is 0 Å². The summed E-state index contributed by atoms with van der Waals surface area (Å²) in [5.74, 6) is 0.697. The lowest BCUT2D eigenvalue weighted by Crippen LogP contribution is -2.33. The van der Waals surface area contributed by atoms with Crippen molar-refractivity contribution in [3.63, 3.8) is 0 Å². The lowest BCUT2D eigenvalue weighted by Gasteiger charge is -2.11. The van der Waals surface area contributed by atoms with Gasteiger partial charge in [0.1, 0.15) is 0 Å². The van der Waals surface area contributed by atoms with Gasteiger partial charge in [0.15, 0.2) is 0 Å². The first-order valence-corrected chi connectivity index (χ1v) is 5.64. The van der Waals surface area contributed by atoms with E-state index in [1.54, 1.807) is 12.1 Å². The normalized spacial score (nSPS) is 17.8. The van der Waals surface area contributed by atoms with Crippen molar-refractivity contribution in [3.05, 3.63) is 17.0 Å². The molecule has 1 fully saturated rings. The third-order valence-corrected chi connectivity index (χ3v) is 3.45. The molecule has 4 heteroatoms. The highest BCUT2D eigenvalue weighted by atomic mass is 32.1. The van der Waals surface area contributed by atoms with Crippen LogP contribution in [0.4, 0.5) is 5.00 Å². The number of hydrogen-bond donors (Lipinski definition) is 2. The number of nitrogen functional groups attached to an aromatic ring is 1. The summed E-state index contributed by atoms with van der Waals surface area (Å²) in [6, 6.07) is 3.84. The van der Waals surface area contributed by atoms with Crippen LogP contribution in [0.25, 0.3) is 0 Å². The molecule has 14 heavy (non-hydrogen) atoms. The Morgan fingerprint density at radius 1 is 1.64 bits per heavy atom. The Labute approximate surface area is 87.3 Å². The largest absolute Gasteiger partial charge is 0.391 e. The first kappa shape index (κ1) is 9.52. The number of hydrogen-bond acceptors (Lipinski definition) is 3. The summed E-state index contributed by atoms with van der Waals surface area (Å²) < 4.78 is 0. The molecule has 0 aromatic carbocycles. The highest BCUT2D eigenvalue weighted by Gasteiger charge is 2.29. The molecule has 0 radical (unpaired) electrons. The van der Waals surface area contributed by atoms with E-state index in [2.05, 4.69) is 12.2 Å². The summed E-state index contributed by atoms with van der Waals surface area (Å²) in [6.45, 7) is 2.06. The first-order chi connectivity index (χ1) is 6.66. The van der Waals surface area contributed by atoms with Gasteiger partial charge in [-0.3, -0.25) is 4.79 Å². The first-order valence-electron chi connectivity index (χ1n) is 4.83. The molecule has 1 atom stereocenters. The summed E-state index contributed by atoms with van der Waals surface area (Å²) in [5, 5.41) is 3.68. The number of amides is 1. The minimum Gasteiger partial charge on any atom is -0.391 e. The average molecular weight is 210 g/mol. The summed E-state index contributed by atoms with van der Waals surface area (Å²) in [4.78, 5) is 12.3. The maximum absolute atomic E-state index is 11.6. The Balaban J connectivity index is 1.94. The van der Waals surface area contributed by atoms with Crippen molar-refractivity contribution in [2.75, 3.05) is 5.73 Å². The monoisotopic (exact) mass is 210 g/mol. The fraction of sp³-hybridized carbons (Fsp3) is 0.500. The molecule has 2 rings (SSSR count). The molecule has 76 valence electrons. The van der Waals surface area contributed by atoms with Crippen molar-refractivity contribution in [2.24, 2.45) is 5.92 Å². The van der Waals surface area contributed by atoms with Crippen molar-refractivity contribution in [1.29, 1.82) is 0 Å². The Bertz CT molecular complexity index is 344. The van der Waals surface area contributed by atoms with E-state index in [0.717, 1.165) is 0 Å². The Morgan fingerprint density at radius 2 is 2.36 bits per heavy atom. The van der Waals surface area contributed by atoms with Crippen molar-refractivity contribution < 1.29 is 4.79 Å². The summed E-state index contributed by atoms with van der Waals surface area (Å²) in [6.07, 6.45) is 2.49. The molecule has 1 aromatic heterocycles. The number of anilines is 1. The van der Waals surface area contributed by atoms with Gasteiger partial charge in [-0.2, -0.15) is 0 Å². The second-order valence-electron chi connectivity index (χ2n) is 3.80. The molecule has 1 aliphatic carbocycles. The van der Waals surface area contributed by atoms with E-state index >= 15 is 0 Å². The molecular weight excluding hydrogens is 196 g/mol. The van der Waals surface area contributed by atoms with E-state index in [1.807, 2.05) is 0 Å². The van der Waals surface area contributed by atoms with Gasteiger partial charge >= 0.3 is 0 Å². The Hall–Kier alpha value is -1.03. The molecule has 0 spiro atoms. The van der Waals surface area contributed by atoms with Crippen LogP contribution in [0.15, 0.2) is 12.1 Å². The van der Waals surface area contributed by atoms with Gasteiger partial charge in [0.05, 0.1) is 9.88 Å². The van der Waals surface area contributed by atoms with E-state index < -0.39 is 0 Å². The second-order valence-corrected chi connectivity index (χ2v) is 4.92. The maximum Gasteiger partial charge on any atom is 0.261 e. The topological polar surface area (TPSA) is 55.1 Å². The average Bonchev–Trinajstić information content (AvgIpc) is 2.89. The number of nitrogens with one attached hydrogen (secondary N) is 1. The van der Waals surface area contributed by atoms with Gasteiger partial charge in [0, 0.05) is 6.04 Å². The fourth-order valence-electron chi connectivity index (χ4n) is 1.47. The molecule has 3 nitrogen and oxygen atoms in total. The highest BCUT2D eigenvalue weighted by Crippen LogP contribution is 2.32. The summed E-state index contributed by atoms with van der Waals surface area (Å²) in [5.41, 5.74) is 5.56. The van der Waals surface area contributed by atoms with Crippen molar-refractivity contribution in [2.45, 2.75) is 25.8 Å². The van der Waals surface area contributed by atoms with E-state index in [9.17, 15) is 4.79 Å². The number of thiophene rings is 1. The van der Waals surface area contributed by atoms with Crippen LogP contribution in [0, 0.1) is 5.92 Å². The Morgan fingerprint density at radius 3 is 2.86 bits per heavy atom. The number of rotatable bonds is 3. The van der Waals surface area contributed by atoms with Crippen LogP contribution in [0.1, 0.15) is 29.4 Å². The summed E-state index contributed by atoms with van der Waals surface area (Å²) >= 11 is 1.34. The number of carbonyl (C=O) groups is 1. The molecule has 1 saturated carbocycles. The zero-order valence-corrected chi connectivity index (χ0v) is 8.93. The van der Waals surface area contributed by atoms with E-state index in [-0.39, 0.29) is 5.91 Å². The SMILES string of the molecule is C[C@@H](NC(=O)c1ccc(N)s1)C1CC1. The van der Waals surface area contributed by atoms with Crippen LogP contribution < -0.4 is 11.1 Å². The number of nitrogens with two attached hydrogens (primary N) is 1. The molecule has 0 aliphatic heterocycles. The van der Waals surface area contributed by atoms with Gasteiger partial charge < -0.3 is 11.1 Å². The minimum absolute atomic E-state index is 0.00565. The van der Waals surface area contributed by atoms with Gasteiger partial charge in [-0.25, -0.2) is 0 Å². The van der Waals surface area contributed by atoms with Crippen LogP contribution in [0.2, 0.25) is 0 Å². The smallest absolute Gasteiger partial charge is 0.261 e. The molecule has 0 unspecified atom stereocenters. The molecule has 3 N–H and O–H groups in total. The lowest BCUT2D eigenvalue weighted by molar-refractivity contribution is 0.0940. The molecule has 1 aliphatic rings. The fourth-order valence-corrected chi connectivity index (χ4v) is 2.14. The van der Waals surface area contributed by atoms with Gasteiger partial charge in [-0.05, 0) is 37.8 Å². The zero-order chi connectivity index (χ0) is 10.1. The van der Waals surface area contributed by atoms with E-state index in [0.29, 0.717) is 21.8 Å². The molecule has 0 saturated heterocycles. The molecule has 1 heterocycles. The lowest BCUT2D eigenvalue weighted by atomic mass is 10.2. The van der Waals surface area contributed by atoms with Gasteiger partial charge in [-0.1, -0.05) is 0 Å². The third-order valence-electron chi connectivity index (χ3n) is 2.54. The predicted molar refractivity (Wildman–Crippen MR) is 58.4 cm³/mol. The second kappa shape index (κ2) is 3.61. The van der Waals surface area contributed by atoms with Crippen LogP contribution in [-0.4, -0.2) is 11.9 Å². The summed E-state index contributed by atoms with van der Waals surface area (Å²) in [7, 11) is 0. The maximum atomic E-state index is 11.6. The number of carbonyl (C=O) groups excluding carboxylic acids is 1. The standard InChI is InChI=1S/C10H14N2OS/c1-6(7-2-3-7)12-10(13)8-4-5-9(11)14-8/h4-7H,2-3,11H2,1H3,(H,12,13)/t6-/m1/s1. The van der Waals surface area contributed by atoms with E-state index in [4.69, 9.17) is 5.73 Å². The van der Waals surface area contributed by atoms with Crippen LogP contribution in [0.5, 0.6) is 0 Å². The van der Waals surface area contributed by atoms with E-state index in [1.165, 1.54) is 24.2 Å². The molecule has 1 amide bonds. The van der Waals surface area contributed by atoms with Crippen LogP contribution in [0.3, 0.4) is 0 Å². The molecular formula is C10H14N2OS. The van der Waals surface area contributed by atoms with Crippen molar-refractivity contribution in [1.82, 2.24) is 5.32 Å².